The number of rotatable bonds is 4. The minimum Gasteiger partial charge on any atom is -0.496 e. The number of ether oxygens (including phenoxy) is 1. The van der Waals surface area contributed by atoms with Crippen LogP contribution in [0.3, 0.4) is 0 Å². The third-order valence-electron chi connectivity index (χ3n) is 5.07. The minimum absolute atomic E-state index is 0.0400. The zero-order valence-corrected chi connectivity index (χ0v) is 17.2. The highest BCUT2D eigenvalue weighted by Gasteiger charge is 2.26. The maximum absolute atomic E-state index is 13.9. The lowest BCUT2D eigenvalue weighted by Gasteiger charge is -2.36. The van der Waals surface area contributed by atoms with E-state index in [9.17, 15) is 14.4 Å². The van der Waals surface area contributed by atoms with Crippen LogP contribution >= 0.6 is 11.3 Å². The predicted molar refractivity (Wildman–Crippen MR) is 113 cm³/mol. The Labute approximate surface area is 177 Å². The van der Waals surface area contributed by atoms with Crippen LogP contribution < -0.4 is 9.64 Å². The number of amides is 1. The van der Waals surface area contributed by atoms with Gasteiger partial charge in [0.2, 0.25) is 0 Å². The van der Waals surface area contributed by atoms with Crippen molar-refractivity contribution < 1.29 is 13.9 Å². The molecule has 1 aliphatic heterocycles. The predicted octanol–water partition coefficient (Wildman–Crippen LogP) is 3.79. The lowest BCUT2D eigenvalue weighted by molar-refractivity contribution is 0.0741. The molecule has 1 saturated heterocycles. The Balaban J connectivity index is 1.46. The second kappa shape index (κ2) is 8.51. The first-order valence-electron chi connectivity index (χ1n) is 9.44. The first-order valence-corrected chi connectivity index (χ1v) is 10.3. The molecule has 0 radical (unpaired) electrons. The van der Waals surface area contributed by atoms with E-state index in [2.05, 4.69) is 4.98 Å². The number of thiazole rings is 1. The van der Waals surface area contributed by atoms with E-state index in [0.29, 0.717) is 43.3 Å². The van der Waals surface area contributed by atoms with Gasteiger partial charge < -0.3 is 14.5 Å². The first kappa shape index (κ1) is 19.9. The maximum atomic E-state index is 13.9. The summed E-state index contributed by atoms with van der Waals surface area (Å²) in [5.74, 6) is 0.0505. The molecule has 2 heterocycles. The van der Waals surface area contributed by atoms with E-state index >= 15 is 0 Å². The molecule has 1 fully saturated rings. The SMILES string of the molecule is COc1ccccc1-c1nc(C(=O)N2CCN(c3cccc(F)c3C#N)CC2)cs1. The van der Waals surface area contributed by atoms with Crippen LogP contribution in [-0.4, -0.2) is 49.1 Å². The fraction of sp³-hybridized carbons (Fsp3) is 0.227. The quantitative estimate of drug-likeness (QED) is 0.640. The Bertz CT molecular complexity index is 1120. The van der Waals surface area contributed by atoms with Crippen LogP contribution in [0.15, 0.2) is 47.8 Å². The van der Waals surface area contributed by atoms with Crippen LogP contribution in [0.5, 0.6) is 5.75 Å². The van der Waals surface area contributed by atoms with Crippen LogP contribution in [0.1, 0.15) is 16.1 Å². The molecular weight excluding hydrogens is 403 g/mol. The number of carbonyl (C=O) groups excluding carboxylic acids is 1. The van der Waals surface area contributed by atoms with Crippen LogP contribution in [0.25, 0.3) is 10.6 Å². The summed E-state index contributed by atoms with van der Waals surface area (Å²) in [5.41, 5.74) is 1.86. The number of para-hydroxylation sites is 1. The number of benzene rings is 2. The van der Waals surface area contributed by atoms with Gasteiger partial charge in [-0.1, -0.05) is 18.2 Å². The average Bonchev–Trinajstić information content (AvgIpc) is 3.28. The van der Waals surface area contributed by atoms with E-state index < -0.39 is 5.82 Å². The molecule has 0 spiro atoms. The second-order valence-electron chi connectivity index (χ2n) is 6.76. The van der Waals surface area contributed by atoms with E-state index in [1.54, 1.807) is 29.5 Å². The van der Waals surface area contributed by atoms with Crippen LogP contribution in [-0.2, 0) is 0 Å². The van der Waals surface area contributed by atoms with Crippen molar-refractivity contribution in [3.63, 3.8) is 0 Å². The maximum Gasteiger partial charge on any atom is 0.273 e. The van der Waals surface area contributed by atoms with Gasteiger partial charge in [-0.25, -0.2) is 9.37 Å². The molecule has 0 atom stereocenters. The first-order chi connectivity index (χ1) is 14.6. The molecule has 1 aromatic heterocycles. The van der Waals surface area contributed by atoms with E-state index in [4.69, 9.17) is 4.74 Å². The van der Waals surface area contributed by atoms with Crippen molar-refractivity contribution in [1.29, 1.82) is 5.26 Å². The number of nitrogens with zero attached hydrogens (tertiary/aromatic N) is 4. The van der Waals surface area contributed by atoms with E-state index in [1.165, 1.54) is 17.4 Å². The fourth-order valence-electron chi connectivity index (χ4n) is 3.52. The van der Waals surface area contributed by atoms with Crippen molar-refractivity contribution in [3.8, 4) is 22.4 Å². The number of hydrogen-bond acceptors (Lipinski definition) is 6. The Morgan fingerprint density at radius 3 is 2.67 bits per heavy atom. The van der Waals surface area contributed by atoms with E-state index in [-0.39, 0.29) is 11.5 Å². The van der Waals surface area contributed by atoms with Gasteiger partial charge in [0.1, 0.15) is 33.9 Å². The summed E-state index contributed by atoms with van der Waals surface area (Å²) >= 11 is 1.40. The van der Waals surface area contributed by atoms with Crippen molar-refractivity contribution in [2.24, 2.45) is 0 Å². The molecule has 1 aliphatic rings. The molecule has 2 aromatic carbocycles. The molecule has 4 rings (SSSR count). The Kier molecular flexibility index (Phi) is 5.63. The molecule has 0 N–H and O–H groups in total. The van der Waals surface area contributed by atoms with Crippen molar-refractivity contribution in [2.45, 2.75) is 0 Å². The average molecular weight is 422 g/mol. The molecule has 0 saturated carbocycles. The van der Waals surface area contributed by atoms with Gasteiger partial charge in [0, 0.05) is 31.6 Å². The number of anilines is 1. The standard InChI is InChI=1S/C22H19FN4O2S/c1-29-20-8-3-2-5-15(20)21-25-18(14-30-21)22(28)27-11-9-26(10-12-27)19-7-4-6-17(23)16(19)13-24/h2-8,14H,9-12H2,1H3. The van der Waals surface area contributed by atoms with Crippen LogP contribution in [0.4, 0.5) is 10.1 Å². The molecule has 30 heavy (non-hydrogen) atoms. The molecule has 0 bridgehead atoms. The van der Waals surface area contributed by atoms with E-state index in [1.807, 2.05) is 35.2 Å². The van der Waals surface area contributed by atoms with Crippen molar-refractivity contribution in [1.82, 2.24) is 9.88 Å². The van der Waals surface area contributed by atoms with Crippen LogP contribution in [0.2, 0.25) is 0 Å². The smallest absolute Gasteiger partial charge is 0.273 e. The van der Waals surface area contributed by atoms with Crippen LogP contribution in [0, 0.1) is 17.1 Å². The number of nitriles is 1. The number of piperazine rings is 1. The molecule has 0 aliphatic carbocycles. The summed E-state index contributed by atoms with van der Waals surface area (Å²) in [6.07, 6.45) is 0. The lowest BCUT2D eigenvalue weighted by atomic mass is 10.1. The molecule has 6 nitrogen and oxygen atoms in total. The molecule has 152 valence electrons. The highest BCUT2D eigenvalue weighted by atomic mass is 32.1. The lowest BCUT2D eigenvalue weighted by Crippen LogP contribution is -2.49. The highest BCUT2D eigenvalue weighted by molar-refractivity contribution is 7.13. The Morgan fingerprint density at radius 2 is 1.93 bits per heavy atom. The fourth-order valence-corrected chi connectivity index (χ4v) is 4.34. The summed E-state index contributed by atoms with van der Waals surface area (Å²) in [6.45, 7) is 1.99. The van der Waals surface area contributed by atoms with Gasteiger partial charge in [-0.15, -0.1) is 11.3 Å². The summed E-state index contributed by atoms with van der Waals surface area (Å²) < 4.78 is 19.3. The van der Waals surface area contributed by atoms with E-state index in [0.717, 1.165) is 10.6 Å². The second-order valence-corrected chi connectivity index (χ2v) is 7.62. The number of aromatic nitrogens is 1. The number of methoxy groups -OCH3 is 1. The van der Waals surface area contributed by atoms with Gasteiger partial charge >= 0.3 is 0 Å². The van der Waals surface area contributed by atoms with Gasteiger partial charge in [0.25, 0.3) is 5.91 Å². The molecule has 8 heteroatoms. The third kappa shape index (κ3) is 3.72. The van der Waals surface area contributed by atoms with Gasteiger partial charge in [-0.05, 0) is 24.3 Å². The monoisotopic (exact) mass is 422 g/mol. The highest BCUT2D eigenvalue weighted by Crippen LogP contribution is 2.32. The number of halogens is 1. The minimum atomic E-state index is -0.528. The largest absolute Gasteiger partial charge is 0.496 e. The molecule has 3 aromatic rings. The Morgan fingerprint density at radius 1 is 1.17 bits per heavy atom. The van der Waals surface area contributed by atoms with Gasteiger partial charge in [-0.2, -0.15) is 5.26 Å². The summed E-state index contributed by atoms with van der Waals surface area (Å²) in [5, 5.41) is 11.7. The number of hydrogen-bond donors (Lipinski definition) is 0. The summed E-state index contributed by atoms with van der Waals surface area (Å²) in [6, 6.07) is 14.1. The topological polar surface area (TPSA) is 69.5 Å². The molecular formula is C22H19FN4O2S. The molecule has 1 amide bonds. The van der Waals surface area contributed by atoms with Gasteiger partial charge in [0.05, 0.1) is 18.4 Å². The third-order valence-corrected chi connectivity index (χ3v) is 5.95. The summed E-state index contributed by atoms with van der Waals surface area (Å²) in [4.78, 5) is 21.1. The van der Waals surface area contributed by atoms with Crippen molar-refractivity contribution >= 4 is 22.9 Å². The summed E-state index contributed by atoms with van der Waals surface area (Å²) in [7, 11) is 1.61. The normalized spacial score (nSPS) is 13.8. The molecule has 0 unspecified atom stereocenters. The van der Waals surface area contributed by atoms with Crippen molar-refractivity contribution in [3.05, 3.63) is 64.9 Å². The van der Waals surface area contributed by atoms with Gasteiger partial charge in [-0.3, -0.25) is 4.79 Å². The zero-order chi connectivity index (χ0) is 21.1. The van der Waals surface area contributed by atoms with Crippen molar-refractivity contribution in [2.75, 3.05) is 38.2 Å². The number of carbonyl (C=O) groups is 1. The van der Waals surface area contributed by atoms with Gasteiger partial charge in [0.15, 0.2) is 0 Å². The zero-order valence-electron chi connectivity index (χ0n) is 16.3. The Hall–Kier alpha value is -3.44.